The molecule has 0 saturated carbocycles. The van der Waals surface area contributed by atoms with Gasteiger partial charge in [0.25, 0.3) is 11.8 Å². The number of aromatic nitrogens is 1. The van der Waals surface area contributed by atoms with Crippen LogP contribution < -0.4 is 9.64 Å². The highest BCUT2D eigenvalue weighted by molar-refractivity contribution is 6.26. The maximum atomic E-state index is 13.5. The van der Waals surface area contributed by atoms with Gasteiger partial charge >= 0.3 is 0 Å². The fourth-order valence-corrected chi connectivity index (χ4v) is 3.35. The van der Waals surface area contributed by atoms with Gasteiger partial charge in [0.15, 0.2) is 5.75 Å². The normalized spacial score (nSPS) is 14.4. The van der Waals surface area contributed by atoms with E-state index in [9.17, 15) is 9.59 Å². The standard InChI is InChI=1S/C24H22N2O4/c1-16-21-19(15-29-24(2,3)30-21)20(14-25-16)26(22(27)17-10-6-4-7-11-17)23(28)18-12-8-5-9-13-18/h4-14H,15H2,1-3H3. The molecule has 0 N–H and O–H groups in total. The predicted octanol–water partition coefficient (Wildman–Crippen LogP) is 4.52. The minimum absolute atomic E-state index is 0.196. The Bertz CT molecular complexity index is 1040. The highest BCUT2D eigenvalue weighted by Crippen LogP contribution is 2.39. The number of nitrogens with zero attached hydrogens (tertiary/aromatic N) is 2. The van der Waals surface area contributed by atoms with E-state index in [4.69, 9.17) is 9.47 Å². The first-order chi connectivity index (χ1) is 14.4. The SMILES string of the molecule is Cc1ncc(N(C(=O)c2ccccc2)C(=O)c2ccccc2)c2c1OC(C)(C)OC2. The lowest BCUT2D eigenvalue weighted by Gasteiger charge is -2.35. The number of hydrogen-bond donors (Lipinski definition) is 0. The molecule has 0 radical (unpaired) electrons. The zero-order valence-corrected chi connectivity index (χ0v) is 17.1. The van der Waals surface area contributed by atoms with Crippen molar-refractivity contribution < 1.29 is 19.1 Å². The van der Waals surface area contributed by atoms with Crippen LogP contribution in [0, 0.1) is 6.92 Å². The minimum Gasteiger partial charge on any atom is -0.461 e. The number of anilines is 1. The van der Waals surface area contributed by atoms with Gasteiger partial charge in [-0.05, 0) is 31.2 Å². The molecule has 1 aliphatic heterocycles. The number of benzene rings is 2. The van der Waals surface area contributed by atoms with Gasteiger partial charge in [-0.2, -0.15) is 0 Å². The number of rotatable bonds is 3. The average Bonchev–Trinajstić information content (AvgIpc) is 2.76. The van der Waals surface area contributed by atoms with Gasteiger partial charge in [0, 0.05) is 30.5 Å². The Balaban J connectivity index is 1.87. The van der Waals surface area contributed by atoms with Crippen LogP contribution in [0.1, 0.15) is 45.8 Å². The van der Waals surface area contributed by atoms with Gasteiger partial charge in [0.1, 0.15) is 0 Å². The number of ether oxygens (including phenoxy) is 2. The Morgan fingerprint density at radius 1 is 0.933 bits per heavy atom. The molecule has 2 aromatic carbocycles. The molecule has 0 fully saturated rings. The van der Waals surface area contributed by atoms with Crippen LogP contribution >= 0.6 is 0 Å². The van der Waals surface area contributed by atoms with Gasteiger partial charge in [-0.25, -0.2) is 4.90 Å². The summed E-state index contributed by atoms with van der Waals surface area (Å²) in [4.78, 5) is 32.5. The van der Waals surface area contributed by atoms with E-state index in [1.54, 1.807) is 48.5 Å². The smallest absolute Gasteiger partial charge is 0.265 e. The summed E-state index contributed by atoms with van der Waals surface area (Å²) in [6.45, 7) is 5.64. The van der Waals surface area contributed by atoms with Crippen molar-refractivity contribution >= 4 is 17.5 Å². The molecule has 2 amide bonds. The molecule has 0 saturated heterocycles. The number of carbonyl (C=O) groups is 2. The first-order valence-corrected chi connectivity index (χ1v) is 9.68. The molecule has 6 nitrogen and oxygen atoms in total. The second-order valence-corrected chi connectivity index (χ2v) is 7.50. The van der Waals surface area contributed by atoms with Gasteiger partial charge in [0.2, 0.25) is 5.79 Å². The second kappa shape index (κ2) is 7.72. The molecule has 6 heteroatoms. The Morgan fingerprint density at radius 3 is 2.00 bits per heavy atom. The maximum absolute atomic E-state index is 13.5. The van der Waals surface area contributed by atoms with Crippen molar-refractivity contribution in [1.82, 2.24) is 4.98 Å². The second-order valence-electron chi connectivity index (χ2n) is 7.50. The minimum atomic E-state index is -0.824. The van der Waals surface area contributed by atoms with Crippen molar-refractivity contribution in [2.45, 2.75) is 33.2 Å². The lowest BCUT2D eigenvalue weighted by Crippen LogP contribution is -2.40. The number of hydrogen-bond acceptors (Lipinski definition) is 5. The quantitative estimate of drug-likeness (QED) is 0.603. The van der Waals surface area contributed by atoms with Gasteiger partial charge in [-0.15, -0.1) is 0 Å². The van der Waals surface area contributed by atoms with Crippen molar-refractivity contribution in [3.8, 4) is 5.75 Å². The van der Waals surface area contributed by atoms with E-state index in [-0.39, 0.29) is 6.61 Å². The molecular weight excluding hydrogens is 380 g/mol. The van der Waals surface area contributed by atoms with E-state index in [2.05, 4.69) is 4.98 Å². The number of fused-ring (bicyclic) bond motifs is 1. The summed E-state index contributed by atoms with van der Waals surface area (Å²) in [7, 11) is 0. The molecule has 0 bridgehead atoms. The summed E-state index contributed by atoms with van der Waals surface area (Å²) < 4.78 is 11.8. The Kier molecular flexibility index (Phi) is 5.10. The van der Waals surface area contributed by atoms with Crippen molar-refractivity contribution in [3.05, 3.63) is 89.2 Å². The highest BCUT2D eigenvalue weighted by Gasteiger charge is 2.35. The summed E-state index contributed by atoms with van der Waals surface area (Å²) in [5, 5.41) is 0. The van der Waals surface area contributed by atoms with Crippen molar-refractivity contribution in [3.63, 3.8) is 0 Å². The lowest BCUT2D eigenvalue weighted by atomic mass is 10.1. The van der Waals surface area contributed by atoms with Crippen molar-refractivity contribution in [2.24, 2.45) is 0 Å². The molecule has 1 aromatic heterocycles. The fraction of sp³-hybridized carbons (Fsp3) is 0.208. The molecule has 1 aliphatic rings. The van der Waals surface area contributed by atoms with Crippen LogP contribution in [0.5, 0.6) is 5.75 Å². The van der Waals surface area contributed by atoms with E-state index >= 15 is 0 Å². The van der Waals surface area contributed by atoms with Gasteiger partial charge in [0.05, 0.1) is 24.2 Å². The molecule has 4 rings (SSSR count). The number of amides is 2. The molecule has 2 heterocycles. The third-order valence-corrected chi connectivity index (χ3v) is 4.89. The number of imide groups is 1. The first-order valence-electron chi connectivity index (χ1n) is 9.68. The van der Waals surface area contributed by atoms with E-state index in [0.717, 1.165) is 4.90 Å². The van der Waals surface area contributed by atoms with Gasteiger partial charge in [-0.1, -0.05) is 36.4 Å². The summed E-state index contributed by atoms with van der Waals surface area (Å²) in [6.07, 6.45) is 1.53. The zero-order chi connectivity index (χ0) is 21.3. The lowest BCUT2D eigenvalue weighted by molar-refractivity contribution is -0.180. The predicted molar refractivity (Wildman–Crippen MR) is 112 cm³/mol. The van der Waals surface area contributed by atoms with Crippen molar-refractivity contribution in [2.75, 3.05) is 4.90 Å². The third-order valence-electron chi connectivity index (χ3n) is 4.89. The largest absolute Gasteiger partial charge is 0.461 e. The maximum Gasteiger partial charge on any atom is 0.265 e. The Hall–Kier alpha value is -3.51. The van der Waals surface area contributed by atoms with Crippen LogP contribution in [0.15, 0.2) is 66.9 Å². The summed E-state index contributed by atoms with van der Waals surface area (Å²) >= 11 is 0. The zero-order valence-electron chi connectivity index (χ0n) is 17.1. The molecular formula is C24H22N2O4. The monoisotopic (exact) mass is 402 g/mol. The van der Waals surface area contributed by atoms with E-state index < -0.39 is 17.6 Å². The van der Waals surface area contributed by atoms with Crippen LogP contribution in [0.3, 0.4) is 0 Å². The van der Waals surface area contributed by atoms with E-state index in [1.165, 1.54) is 6.20 Å². The van der Waals surface area contributed by atoms with Gasteiger partial charge < -0.3 is 9.47 Å². The van der Waals surface area contributed by atoms with Crippen LogP contribution in [0.25, 0.3) is 0 Å². The van der Waals surface area contributed by atoms with Crippen LogP contribution in [0.2, 0.25) is 0 Å². The molecule has 0 atom stereocenters. The number of aryl methyl sites for hydroxylation is 1. The van der Waals surface area contributed by atoms with Crippen LogP contribution in [-0.2, 0) is 11.3 Å². The Labute approximate surface area is 175 Å². The third kappa shape index (κ3) is 3.69. The topological polar surface area (TPSA) is 68.7 Å². The summed E-state index contributed by atoms with van der Waals surface area (Å²) in [6, 6.07) is 17.4. The summed E-state index contributed by atoms with van der Waals surface area (Å²) in [5.41, 5.74) is 2.44. The Morgan fingerprint density at radius 2 is 1.47 bits per heavy atom. The summed E-state index contributed by atoms with van der Waals surface area (Å²) in [5.74, 6) is -1.17. The molecule has 0 unspecified atom stereocenters. The molecule has 3 aromatic rings. The molecule has 0 aliphatic carbocycles. The molecule has 0 spiro atoms. The first kappa shape index (κ1) is 19.8. The number of carbonyl (C=O) groups excluding carboxylic acids is 2. The molecule has 152 valence electrons. The fourth-order valence-electron chi connectivity index (χ4n) is 3.35. The van der Waals surface area contributed by atoms with E-state index in [0.29, 0.717) is 33.8 Å². The van der Waals surface area contributed by atoms with Crippen LogP contribution in [0.4, 0.5) is 5.69 Å². The molecule has 30 heavy (non-hydrogen) atoms. The van der Waals surface area contributed by atoms with Crippen molar-refractivity contribution in [1.29, 1.82) is 0 Å². The van der Waals surface area contributed by atoms with E-state index in [1.807, 2.05) is 32.9 Å². The van der Waals surface area contributed by atoms with Gasteiger partial charge in [-0.3, -0.25) is 14.6 Å². The number of pyridine rings is 1. The average molecular weight is 402 g/mol. The van der Waals surface area contributed by atoms with Crippen LogP contribution in [-0.4, -0.2) is 22.6 Å². The highest BCUT2D eigenvalue weighted by atomic mass is 16.7.